The van der Waals surface area contributed by atoms with Crippen LogP contribution in [0.5, 0.6) is 17.2 Å². The minimum atomic E-state index is -4.30. The van der Waals surface area contributed by atoms with Crippen LogP contribution in [0.3, 0.4) is 0 Å². The largest absolute Gasteiger partial charge is 1.00 e. The molecule has 0 aliphatic heterocycles. The third-order valence-electron chi connectivity index (χ3n) is 5.10. The van der Waals surface area contributed by atoms with E-state index in [1.807, 2.05) is 6.07 Å². The first-order chi connectivity index (χ1) is 14.4. The molecule has 31 heavy (non-hydrogen) atoms. The molecule has 0 aliphatic rings. The third kappa shape index (κ3) is 11.9. The molecular formula is C24H33KO5S. The first kappa shape index (κ1) is 28.6. The third-order valence-corrected chi connectivity index (χ3v) is 5.95. The van der Waals surface area contributed by atoms with Crippen molar-refractivity contribution < 1.29 is 74.2 Å². The average molecular weight is 473 g/mol. The van der Waals surface area contributed by atoms with Gasteiger partial charge in [0.1, 0.15) is 11.5 Å². The van der Waals surface area contributed by atoms with Gasteiger partial charge in [-0.3, -0.25) is 4.55 Å². The standard InChI is InChI=1S/C24H34O5S.K/c1-2-3-4-5-6-7-8-9-10-11-13-20-16-21(25)18-23(17-20)29-22-14-12-15-24(19-22)30(26,27)28;/h12,14-19,25H,2-11,13H2,1H3,(H,26,27,28);/q;+1/p-1. The van der Waals surface area contributed by atoms with Crippen molar-refractivity contribution in [3.63, 3.8) is 0 Å². The first-order valence-corrected chi connectivity index (χ1v) is 12.4. The molecule has 0 unspecified atom stereocenters. The van der Waals surface area contributed by atoms with Crippen LogP contribution in [0, 0.1) is 0 Å². The number of aryl methyl sites for hydroxylation is 1. The number of benzene rings is 2. The number of unbranched alkanes of at least 4 members (excludes halogenated alkanes) is 9. The van der Waals surface area contributed by atoms with Crippen LogP contribution in [-0.4, -0.2) is 13.0 Å². The van der Waals surface area contributed by atoms with E-state index < -0.39 is 10.1 Å². The zero-order valence-corrected chi connectivity index (χ0v) is 22.7. The molecule has 0 radical (unpaired) electrons. The maximum absolute atomic E-state index is 12.0. The van der Waals surface area contributed by atoms with Gasteiger partial charge in [-0.1, -0.05) is 76.8 Å². The van der Waals surface area contributed by atoms with E-state index >= 15 is 0 Å². The number of rotatable bonds is 14. The summed E-state index contributed by atoms with van der Waals surface area (Å²) < 4.78 is 37.4. The van der Waals surface area contributed by atoms with Gasteiger partial charge in [0.15, 0.2) is 0 Å². The Balaban J connectivity index is 0.00000480. The van der Waals surface area contributed by atoms with E-state index in [9.17, 15) is 13.5 Å². The van der Waals surface area contributed by atoms with Crippen LogP contribution in [0.25, 0.3) is 0 Å². The molecule has 0 aromatic heterocycles. The molecule has 0 saturated heterocycles. The van der Waals surface area contributed by atoms with E-state index in [4.69, 9.17) is 9.29 Å². The van der Waals surface area contributed by atoms with Gasteiger partial charge in [0, 0.05) is 6.07 Å². The summed E-state index contributed by atoms with van der Waals surface area (Å²) in [6, 6.07) is 10.4. The van der Waals surface area contributed by atoms with Crippen LogP contribution in [0.2, 0.25) is 0 Å². The Labute approximate surface area is 229 Å². The molecule has 0 heterocycles. The predicted molar refractivity (Wildman–Crippen MR) is 118 cm³/mol. The molecule has 0 amide bonds. The van der Waals surface area contributed by atoms with Crippen LogP contribution in [-0.2, 0) is 16.5 Å². The quantitative estimate of drug-likeness (QED) is 0.259. The second kappa shape index (κ2) is 15.4. The van der Waals surface area contributed by atoms with E-state index in [2.05, 4.69) is 6.92 Å². The second-order valence-electron chi connectivity index (χ2n) is 7.80. The summed E-state index contributed by atoms with van der Waals surface area (Å²) in [7, 11) is -4.30. The summed E-state index contributed by atoms with van der Waals surface area (Å²) in [5.74, 6) is 0.484. The molecule has 0 bridgehead atoms. The SMILES string of the molecule is CCCCCCCCCCCCc1cc([O-])cc(Oc2cccc(S(=O)(=O)O)c2)c1.[K+]. The fraction of sp³-hybridized carbons (Fsp3) is 0.500. The Morgan fingerprint density at radius 3 is 2.06 bits per heavy atom. The van der Waals surface area contributed by atoms with Crippen molar-refractivity contribution in [1.82, 2.24) is 0 Å². The van der Waals surface area contributed by atoms with Gasteiger partial charge in [-0.25, -0.2) is 0 Å². The summed E-state index contributed by atoms with van der Waals surface area (Å²) in [6.45, 7) is 2.24. The van der Waals surface area contributed by atoms with Crippen LogP contribution >= 0.6 is 0 Å². The van der Waals surface area contributed by atoms with E-state index in [0.29, 0.717) is 5.75 Å². The molecule has 5 nitrogen and oxygen atoms in total. The summed E-state index contributed by atoms with van der Waals surface area (Å²) in [5, 5.41) is 12.0. The minimum Gasteiger partial charge on any atom is -0.872 e. The molecule has 7 heteroatoms. The monoisotopic (exact) mass is 472 g/mol. The smallest absolute Gasteiger partial charge is 0.872 e. The Morgan fingerprint density at radius 2 is 1.45 bits per heavy atom. The van der Waals surface area contributed by atoms with E-state index in [0.717, 1.165) is 24.8 Å². The molecule has 2 aromatic carbocycles. The van der Waals surface area contributed by atoms with Gasteiger partial charge >= 0.3 is 51.4 Å². The maximum Gasteiger partial charge on any atom is 1.00 e. The van der Waals surface area contributed by atoms with Crippen molar-refractivity contribution in [2.24, 2.45) is 0 Å². The first-order valence-electron chi connectivity index (χ1n) is 10.9. The Morgan fingerprint density at radius 1 is 0.839 bits per heavy atom. The van der Waals surface area contributed by atoms with Crippen molar-refractivity contribution in [2.45, 2.75) is 82.4 Å². The fourth-order valence-corrected chi connectivity index (χ4v) is 4.00. The molecule has 0 saturated carbocycles. The van der Waals surface area contributed by atoms with Crippen molar-refractivity contribution >= 4 is 10.1 Å². The molecule has 166 valence electrons. The van der Waals surface area contributed by atoms with Crippen molar-refractivity contribution in [3.8, 4) is 17.2 Å². The van der Waals surface area contributed by atoms with Crippen molar-refractivity contribution in [2.75, 3.05) is 0 Å². The summed E-state index contributed by atoms with van der Waals surface area (Å²) in [4.78, 5) is -0.246. The zero-order chi connectivity index (χ0) is 21.8. The molecule has 0 spiro atoms. The van der Waals surface area contributed by atoms with E-state index in [1.165, 1.54) is 75.6 Å². The zero-order valence-electron chi connectivity index (χ0n) is 18.8. The van der Waals surface area contributed by atoms with Crippen LogP contribution in [0.4, 0.5) is 0 Å². The Kier molecular flexibility index (Phi) is 14.2. The molecular weight excluding hydrogens is 439 g/mol. The Bertz CT molecular complexity index is 883. The second-order valence-corrected chi connectivity index (χ2v) is 9.22. The van der Waals surface area contributed by atoms with Gasteiger partial charge in [0.25, 0.3) is 10.1 Å². The summed E-state index contributed by atoms with van der Waals surface area (Å²) in [5.41, 5.74) is 0.919. The van der Waals surface area contributed by atoms with Gasteiger partial charge < -0.3 is 9.84 Å². The molecule has 0 aliphatic carbocycles. The fourth-order valence-electron chi connectivity index (χ4n) is 3.48. The normalized spacial score (nSPS) is 11.2. The van der Waals surface area contributed by atoms with Gasteiger partial charge in [-0.05, 0) is 42.7 Å². The minimum absolute atomic E-state index is 0. The number of hydrogen-bond acceptors (Lipinski definition) is 4. The molecule has 0 fully saturated rings. The van der Waals surface area contributed by atoms with Crippen molar-refractivity contribution in [1.29, 1.82) is 0 Å². The van der Waals surface area contributed by atoms with Crippen LogP contribution in [0.15, 0.2) is 47.4 Å². The summed E-state index contributed by atoms with van der Waals surface area (Å²) >= 11 is 0. The average Bonchev–Trinajstić information content (AvgIpc) is 2.68. The van der Waals surface area contributed by atoms with Crippen LogP contribution < -0.4 is 61.2 Å². The molecule has 0 atom stereocenters. The molecule has 2 aromatic rings. The van der Waals surface area contributed by atoms with E-state index in [1.54, 1.807) is 12.1 Å². The molecule has 2 rings (SSSR count). The van der Waals surface area contributed by atoms with Crippen LogP contribution in [0.1, 0.15) is 76.7 Å². The van der Waals surface area contributed by atoms with E-state index in [-0.39, 0.29) is 67.8 Å². The van der Waals surface area contributed by atoms with Gasteiger partial charge in [0.05, 0.1) is 4.90 Å². The molecule has 1 N–H and O–H groups in total. The predicted octanol–water partition coefficient (Wildman–Crippen LogP) is 3.27. The number of ether oxygens (including phenoxy) is 1. The maximum atomic E-state index is 12.0. The number of hydrogen-bond donors (Lipinski definition) is 1. The Hall–Kier alpha value is -0.414. The summed E-state index contributed by atoms with van der Waals surface area (Å²) in [6.07, 6.45) is 13.4. The van der Waals surface area contributed by atoms with Gasteiger partial charge in [0.2, 0.25) is 0 Å². The van der Waals surface area contributed by atoms with Gasteiger partial charge in [-0.2, -0.15) is 8.42 Å². The van der Waals surface area contributed by atoms with Gasteiger partial charge in [-0.15, -0.1) is 5.75 Å². The van der Waals surface area contributed by atoms with Crippen molar-refractivity contribution in [3.05, 3.63) is 48.0 Å². The topological polar surface area (TPSA) is 86.7 Å².